The number of amides is 2. The summed E-state index contributed by atoms with van der Waals surface area (Å²) in [7, 11) is 0. The molecular formula is C13H13N3O7. The van der Waals surface area contributed by atoms with Gasteiger partial charge in [-0.1, -0.05) is 0 Å². The molecule has 1 aliphatic rings. The van der Waals surface area contributed by atoms with E-state index in [4.69, 9.17) is 14.9 Å². The van der Waals surface area contributed by atoms with E-state index in [0.717, 1.165) is 4.90 Å². The predicted octanol–water partition coefficient (Wildman–Crippen LogP) is -1.15. The van der Waals surface area contributed by atoms with E-state index in [9.17, 15) is 19.2 Å². The molecular weight excluding hydrogens is 310 g/mol. The van der Waals surface area contributed by atoms with Gasteiger partial charge in [-0.05, 0) is 12.1 Å². The molecule has 0 spiro atoms. The lowest BCUT2D eigenvalue weighted by Gasteiger charge is -2.27. The first-order chi connectivity index (χ1) is 10.9. The van der Waals surface area contributed by atoms with E-state index >= 15 is 0 Å². The minimum Gasteiger partial charge on any atom is -0.481 e. The van der Waals surface area contributed by atoms with Crippen molar-refractivity contribution >= 4 is 29.6 Å². The molecule has 1 unspecified atom stereocenters. The number of fused-ring (bicyclic) bond motifs is 1. The predicted molar refractivity (Wildman–Crippen MR) is 73.9 cm³/mol. The number of hydrogen-bond acceptors (Lipinski definition) is 6. The van der Waals surface area contributed by atoms with Crippen LogP contribution in [0.4, 0.5) is 5.82 Å². The molecule has 2 heterocycles. The summed E-state index contributed by atoms with van der Waals surface area (Å²) >= 11 is 0. The molecule has 0 radical (unpaired) electrons. The van der Waals surface area contributed by atoms with Gasteiger partial charge in [0.1, 0.15) is 12.6 Å². The molecule has 0 aliphatic carbocycles. The summed E-state index contributed by atoms with van der Waals surface area (Å²) in [5.41, 5.74) is 0. The first-order valence-electron chi connectivity index (χ1n) is 6.50. The number of carbonyl (C=O) groups is 4. The number of anilines is 1. The fraction of sp³-hybridized carbons (Fsp3) is 0.308. The summed E-state index contributed by atoms with van der Waals surface area (Å²) < 4.78 is 5.16. The van der Waals surface area contributed by atoms with E-state index in [1.807, 2.05) is 0 Å². The molecule has 0 bridgehead atoms. The summed E-state index contributed by atoms with van der Waals surface area (Å²) in [4.78, 5) is 50.3. The zero-order valence-electron chi connectivity index (χ0n) is 11.8. The fourth-order valence-corrected chi connectivity index (χ4v) is 1.95. The Labute approximate surface area is 129 Å². The van der Waals surface area contributed by atoms with Gasteiger partial charge in [0.15, 0.2) is 18.2 Å². The Morgan fingerprint density at radius 2 is 2.13 bits per heavy atom. The zero-order valence-corrected chi connectivity index (χ0v) is 11.8. The van der Waals surface area contributed by atoms with E-state index in [0.29, 0.717) is 5.75 Å². The third kappa shape index (κ3) is 3.93. The van der Waals surface area contributed by atoms with Gasteiger partial charge in [-0.15, -0.1) is 0 Å². The van der Waals surface area contributed by atoms with E-state index < -0.39 is 42.8 Å². The van der Waals surface area contributed by atoms with Crippen LogP contribution in [-0.4, -0.2) is 58.1 Å². The van der Waals surface area contributed by atoms with Crippen LogP contribution in [0.3, 0.4) is 0 Å². The number of aromatic nitrogens is 1. The molecule has 1 aromatic rings. The number of carbonyl (C=O) groups excluding carboxylic acids is 2. The van der Waals surface area contributed by atoms with E-state index in [1.54, 1.807) is 12.1 Å². The van der Waals surface area contributed by atoms with E-state index in [-0.39, 0.29) is 12.4 Å². The summed E-state index contributed by atoms with van der Waals surface area (Å²) in [6, 6.07) is 1.59. The highest BCUT2D eigenvalue weighted by atomic mass is 16.5. The average molecular weight is 323 g/mol. The van der Waals surface area contributed by atoms with Crippen LogP contribution in [0, 0.1) is 0 Å². The molecule has 0 saturated heterocycles. The Hall–Kier alpha value is -3.17. The zero-order chi connectivity index (χ0) is 17.0. The highest BCUT2D eigenvalue weighted by Crippen LogP contribution is 2.28. The number of pyridine rings is 1. The van der Waals surface area contributed by atoms with Crippen LogP contribution in [0.15, 0.2) is 18.3 Å². The van der Waals surface area contributed by atoms with Gasteiger partial charge in [-0.2, -0.15) is 0 Å². The number of ether oxygens (including phenoxy) is 1. The SMILES string of the molecule is O=C(O)CC(NC(=O)CN1C(=O)COc2cccnc21)C(=O)O. The lowest BCUT2D eigenvalue weighted by Crippen LogP contribution is -2.49. The van der Waals surface area contributed by atoms with Crippen molar-refractivity contribution in [3.8, 4) is 5.75 Å². The Morgan fingerprint density at radius 1 is 1.39 bits per heavy atom. The van der Waals surface area contributed by atoms with Crippen LogP contribution in [0.2, 0.25) is 0 Å². The third-order valence-electron chi connectivity index (χ3n) is 2.97. The van der Waals surface area contributed by atoms with Gasteiger partial charge in [-0.25, -0.2) is 9.78 Å². The van der Waals surface area contributed by atoms with Crippen molar-refractivity contribution in [2.75, 3.05) is 18.1 Å². The number of carboxylic acids is 2. The largest absolute Gasteiger partial charge is 0.481 e. The molecule has 23 heavy (non-hydrogen) atoms. The molecule has 1 aliphatic heterocycles. The van der Waals surface area contributed by atoms with Gasteiger partial charge in [0.05, 0.1) is 6.42 Å². The van der Waals surface area contributed by atoms with Crippen LogP contribution in [0.5, 0.6) is 5.75 Å². The van der Waals surface area contributed by atoms with E-state index in [2.05, 4.69) is 10.3 Å². The van der Waals surface area contributed by atoms with Crippen molar-refractivity contribution in [3.05, 3.63) is 18.3 Å². The van der Waals surface area contributed by atoms with Crippen LogP contribution in [0.1, 0.15) is 6.42 Å². The van der Waals surface area contributed by atoms with Crippen LogP contribution in [-0.2, 0) is 19.2 Å². The van der Waals surface area contributed by atoms with Gasteiger partial charge < -0.3 is 20.3 Å². The number of nitrogens with one attached hydrogen (secondary N) is 1. The van der Waals surface area contributed by atoms with Crippen LogP contribution < -0.4 is 15.0 Å². The van der Waals surface area contributed by atoms with Crippen molar-refractivity contribution in [1.82, 2.24) is 10.3 Å². The normalized spacial score (nSPS) is 14.4. The molecule has 0 aromatic carbocycles. The number of aliphatic carboxylic acids is 2. The van der Waals surface area contributed by atoms with Crippen molar-refractivity contribution in [1.29, 1.82) is 0 Å². The lowest BCUT2D eigenvalue weighted by molar-refractivity contribution is -0.147. The Balaban J connectivity index is 2.09. The monoisotopic (exact) mass is 323 g/mol. The second-order valence-electron chi connectivity index (χ2n) is 4.65. The summed E-state index contributed by atoms with van der Waals surface area (Å²) in [6.45, 7) is -0.765. The third-order valence-corrected chi connectivity index (χ3v) is 2.97. The molecule has 2 amide bonds. The Kier molecular flexibility index (Phi) is 4.74. The lowest BCUT2D eigenvalue weighted by atomic mass is 10.2. The van der Waals surface area contributed by atoms with Crippen molar-refractivity contribution < 1.29 is 34.1 Å². The van der Waals surface area contributed by atoms with Crippen LogP contribution >= 0.6 is 0 Å². The number of nitrogens with zero attached hydrogens (tertiary/aromatic N) is 2. The van der Waals surface area contributed by atoms with Crippen molar-refractivity contribution in [2.45, 2.75) is 12.5 Å². The van der Waals surface area contributed by atoms with E-state index in [1.165, 1.54) is 6.20 Å². The number of carboxylic acid groups (broad SMARTS) is 2. The molecule has 122 valence electrons. The van der Waals surface area contributed by atoms with Gasteiger partial charge >= 0.3 is 11.9 Å². The highest BCUT2D eigenvalue weighted by Gasteiger charge is 2.30. The smallest absolute Gasteiger partial charge is 0.326 e. The molecule has 0 saturated carbocycles. The summed E-state index contributed by atoms with van der Waals surface area (Å²) in [5.74, 6) is -3.72. The minimum atomic E-state index is -1.58. The molecule has 10 nitrogen and oxygen atoms in total. The first-order valence-corrected chi connectivity index (χ1v) is 6.50. The maximum Gasteiger partial charge on any atom is 0.326 e. The minimum absolute atomic E-state index is 0.143. The second-order valence-corrected chi connectivity index (χ2v) is 4.65. The fourth-order valence-electron chi connectivity index (χ4n) is 1.95. The van der Waals surface area contributed by atoms with Crippen LogP contribution in [0.25, 0.3) is 0 Å². The maximum absolute atomic E-state index is 11.9. The molecule has 1 atom stereocenters. The number of rotatable bonds is 6. The molecule has 3 N–H and O–H groups in total. The van der Waals surface area contributed by atoms with Crippen molar-refractivity contribution in [3.63, 3.8) is 0 Å². The molecule has 1 aromatic heterocycles. The summed E-state index contributed by atoms with van der Waals surface area (Å²) in [5, 5.41) is 19.6. The van der Waals surface area contributed by atoms with Gasteiger partial charge in [-0.3, -0.25) is 19.3 Å². The second kappa shape index (κ2) is 6.73. The quantitative estimate of drug-likeness (QED) is 0.595. The highest BCUT2D eigenvalue weighted by molar-refractivity contribution is 6.01. The number of hydrogen-bond donors (Lipinski definition) is 3. The van der Waals surface area contributed by atoms with Gasteiger partial charge in [0, 0.05) is 6.20 Å². The summed E-state index contributed by atoms with van der Waals surface area (Å²) in [6.07, 6.45) is 0.642. The Morgan fingerprint density at radius 3 is 2.78 bits per heavy atom. The Bertz CT molecular complexity index is 661. The average Bonchev–Trinajstić information content (AvgIpc) is 2.49. The molecule has 2 rings (SSSR count). The van der Waals surface area contributed by atoms with Gasteiger partial charge in [0.25, 0.3) is 5.91 Å². The topological polar surface area (TPSA) is 146 Å². The molecule has 10 heteroatoms. The van der Waals surface area contributed by atoms with Crippen molar-refractivity contribution in [2.24, 2.45) is 0 Å². The van der Waals surface area contributed by atoms with Gasteiger partial charge in [0.2, 0.25) is 5.91 Å². The standard InChI is InChI=1S/C13H13N3O7/c17-9(15-7(13(21)22)4-11(19)20)5-16-10(18)6-23-8-2-1-3-14-12(8)16/h1-3,7H,4-6H2,(H,15,17)(H,19,20)(H,21,22). The maximum atomic E-state index is 11.9. The molecule has 0 fully saturated rings. The first kappa shape index (κ1) is 16.2.